The number of benzene rings is 1. The number of carboxylic acid groups (broad SMARTS) is 4. The van der Waals surface area contributed by atoms with Crippen LogP contribution in [0, 0.1) is 0 Å². The molecule has 4 N–H and O–H groups in total. The van der Waals surface area contributed by atoms with Gasteiger partial charge in [-0.05, 0) is 62.1 Å². The number of aliphatic carboxylic acids is 4. The Kier molecular flexibility index (Phi) is 8.64. The summed E-state index contributed by atoms with van der Waals surface area (Å²) in [5.41, 5.74) is -14.2. The fourth-order valence-electron chi connectivity index (χ4n) is 3.47. The monoisotopic (exact) mass is 530 g/mol. The number of isocyanates is 4. The maximum atomic E-state index is 12.2. The number of carbonyl (C=O) groups is 4. The van der Waals surface area contributed by atoms with E-state index in [1.807, 2.05) is 0 Å². The molecule has 0 saturated carbocycles. The quantitative estimate of drug-likeness (QED) is 0.209. The van der Waals surface area contributed by atoms with Gasteiger partial charge in [-0.2, -0.15) is 20.0 Å². The van der Waals surface area contributed by atoms with E-state index in [9.17, 15) is 58.8 Å². The molecular weight excluding hydrogens is 512 g/mol. The molecule has 0 aliphatic carbocycles. The first-order chi connectivity index (χ1) is 17.5. The lowest BCUT2D eigenvalue weighted by Gasteiger charge is -2.34. The average molecular weight is 530 g/mol. The molecule has 0 aliphatic rings. The van der Waals surface area contributed by atoms with Crippen LogP contribution in [0.25, 0.3) is 0 Å². The molecule has 16 heteroatoms. The Morgan fingerprint density at radius 2 is 0.658 bits per heavy atom. The lowest BCUT2D eigenvalue weighted by molar-refractivity contribution is -0.145. The van der Waals surface area contributed by atoms with Crippen molar-refractivity contribution in [3.05, 3.63) is 34.4 Å². The van der Waals surface area contributed by atoms with Crippen molar-refractivity contribution in [2.75, 3.05) is 0 Å². The summed E-state index contributed by atoms with van der Waals surface area (Å²) >= 11 is 0. The van der Waals surface area contributed by atoms with Crippen LogP contribution < -0.4 is 0 Å². The van der Waals surface area contributed by atoms with Gasteiger partial charge < -0.3 is 20.4 Å². The van der Waals surface area contributed by atoms with E-state index in [2.05, 4.69) is 20.0 Å². The van der Waals surface area contributed by atoms with Gasteiger partial charge in [-0.25, -0.2) is 38.4 Å². The first-order valence-corrected chi connectivity index (χ1v) is 9.97. The summed E-state index contributed by atoms with van der Waals surface area (Å²) in [6, 6.07) is 1.19. The van der Waals surface area contributed by atoms with Gasteiger partial charge in [0.1, 0.15) is 0 Å². The van der Waals surface area contributed by atoms with Crippen molar-refractivity contribution >= 4 is 48.2 Å². The van der Waals surface area contributed by atoms with E-state index in [0.29, 0.717) is 12.1 Å². The highest BCUT2D eigenvalue weighted by molar-refractivity contribution is 5.90. The summed E-state index contributed by atoms with van der Waals surface area (Å²) in [6.07, 6.45) is 3.96. The summed E-state index contributed by atoms with van der Waals surface area (Å²) in [7, 11) is 0. The van der Waals surface area contributed by atoms with E-state index in [-0.39, 0.29) is 0 Å². The Morgan fingerprint density at radius 1 is 0.500 bits per heavy atom. The van der Waals surface area contributed by atoms with Crippen molar-refractivity contribution in [3.63, 3.8) is 0 Å². The molecule has 0 heterocycles. The molecule has 0 amide bonds. The molecule has 4 atom stereocenters. The average Bonchev–Trinajstić information content (AvgIpc) is 2.83. The first kappa shape index (κ1) is 30.7. The summed E-state index contributed by atoms with van der Waals surface area (Å²) in [4.78, 5) is 106. The highest BCUT2D eigenvalue weighted by atomic mass is 16.4. The van der Waals surface area contributed by atoms with Crippen molar-refractivity contribution in [1.82, 2.24) is 0 Å². The van der Waals surface area contributed by atoms with E-state index in [1.165, 1.54) is 0 Å². The Bertz CT molecular complexity index is 1200. The molecule has 0 radical (unpaired) electrons. The number of carboxylic acids is 4. The van der Waals surface area contributed by atoms with E-state index in [0.717, 1.165) is 52.0 Å². The fraction of sp³-hybridized carbons (Fsp3) is 0.364. The normalized spacial score (nSPS) is 16.5. The number of aliphatic imine (C=N–C) groups is 4. The Balaban J connectivity index is 4.91. The maximum absolute atomic E-state index is 12.2. The van der Waals surface area contributed by atoms with Gasteiger partial charge in [0.2, 0.25) is 24.3 Å². The van der Waals surface area contributed by atoms with Crippen LogP contribution in [0.5, 0.6) is 0 Å². The second-order valence-electron chi connectivity index (χ2n) is 8.27. The molecule has 38 heavy (non-hydrogen) atoms. The highest BCUT2D eigenvalue weighted by Crippen LogP contribution is 2.45. The molecule has 0 saturated heterocycles. The smallest absolute Gasteiger partial charge is 0.336 e. The van der Waals surface area contributed by atoms with Gasteiger partial charge in [0.25, 0.3) is 0 Å². The number of nitrogens with zero attached hydrogens (tertiary/aromatic N) is 4. The van der Waals surface area contributed by atoms with Crippen molar-refractivity contribution in [2.45, 2.75) is 49.9 Å². The fourth-order valence-corrected chi connectivity index (χ4v) is 3.47. The van der Waals surface area contributed by atoms with Crippen molar-refractivity contribution < 1.29 is 58.8 Å². The minimum absolute atomic E-state index is 0.595. The summed E-state index contributed by atoms with van der Waals surface area (Å²) in [5.74, 6) is -7.64. The second kappa shape index (κ2) is 10.7. The van der Waals surface area contributed by atoms with Crippen LogP contribution in [0.4, 0.5) is 0 Å². The molecule has 0 aromatic heterocycles. The van der Waals surface area contributed by atoms with Gasteiger partial charge in [-0.3, -0.25) is 0 Å². The molecule has 0 fully saturated rings. The van der Waals surface area contributed by atoms with Crippen LogP contribution in [-0.2, 0) is 60.5 Å². The standard InChI is InChI=1S/C22H18N4O12/c1-19(15(31)32,23-7-27)11-5-13(21(3,17(35)36)25-9-29)14(22(4,18(37)38)26-10-30)6-12(11)20(2,16(33)34)24-8-28/h5-6H,1-4H3,(H,31,32)(H,33,34)(H,35,36)(H,37,38)/t19-,20-,21-,22-/m0/s1. The molecule has 0 unspecified atom stereocenters. The SMILES string of the molecule is C[C@@](N=C=O)(C(=O)O)c1cc([C@](C)(N=C=O)C(=O)O)c([C@](C)(N=C=O)C(=O)O)cc1[C@](C)(N=C=O)C(=O)O. The van der Waals surface area contributed by atoms with Gasteiger partial charge >= 0.3 is 23.9 Å². The van der Waals surface area contributed by atoms with Crippen molar-refractivity contribution in [2.24, 2.45) is 20.0 Å². The number of rotatable bonds is 12. The molecule has 0 spiro atoms. The minimum Gasteiger partial charge on any atom is -0.479 e. The van der Waals surface area contributed by atoms with Gasteiger partial charge in [0.15, 0.2) is 22.2 Å². The zero-order chi connectivity index (χ0) is 29.7. The van der Waals surface area contributed by atoms with Gasteiger partial charge in [0.05, 0.1) is 0 Å². The molecule has 198 valence electrons. The summed E-state index contributed by atoms with van der Waals surface area (Å²) in [6.45, 7) is 3.10. The van der Waals surface area contributed by atoms with Crippen molar-refractivity contribution in [1.29, 1.82) is 0 Å². The van der Waals surface area contributed by atoms with Gasteiger partial charge in [0, 0.05) is 0 Å². The predicted molar refractivity (Wildman–Crippen MR) is 119 cm³/mol. The molecule has 0 bridgehead atoms. The maximum Gasteiger partial charge on any atom is 0.336 e. The van der Waals surface area contributed by atoms with E-state index < -0.39 is 68.3 Å². The molecule has 16 nitrogen and oxygen atoms in total. The molecule has 1 aromatic rings. The molecular formula is C22H18N4O12. The minimum atomic E-state index is -2.75. The first-order valence-electron chi connectivity index (χ1n) is 9.97. The lowest BCUT2D eigenvalue weighted by Crippen LogP contribution is -2.42. The topological polar surface area (TPSA) is 267 Å². The third kappa shape index (κ3) is 4.82. The third-order valence-corrected chi connectivity index (χ3v) is 6.00. The van der Waals surface area contributed by atoms with Crippen LogP contribution >= 0.6 is 0 Å². The van der Waals surface area contributed by atoms with Crippen LogP contribution in [0.1, 0.15) is 49.9 Å². The van der Waals surface area contributed by atoms with E-state index >= 15 is 0 Å². The number of hydrogen-bond acceptors (Lipinski definition) is 12. The summed E-state index contributed by atoms with van der Waals surface area (Å²) < 4.78 is 0. The Morgan fingerprint density at radius 3 is 0.763 bits per heavy atom. The van der Waals surface area contributed by atoms with Crippen LogP contribution in [0.3, 0.4) is 0 Å². The zero-order valence-corrected chi connectivity index (χ0v) is 20.0. The largest absolute Gasteiger partial charge is 0.479 e. The van der Waals surface area contributed by atoms with Crippen molar-refractivity contribution in [3.8, 4) is 0 Å². The molecule has 1 aromatic carbocycles. The highest BCUT2D eigenvalue weighted by Gasteiger charge is 2.51. The van der Waals surface area contributed by atoms with E-state index in [4.69, 9.17) is 0 Å². The van der Waals surface area contributed by atoms with E-state index in [1.54, 1.807) is 0 Å². The Hall–Kier alpha value is -5.38. The molecule has 1 rings (SSSR count). The predicted octanol–water partition coefficient (Wildman–Crippen LogP) is 0.229. The van der Waals surface area contributed by atoms with Gasteiger partial charge in [-0.1, -0.05) is 0 Å². The Labute approximate surface area is 211 Å². The number of carbonyl (C=O) groups excluding carboxylic acids is 4. The lowest BCUT2D eigenvalue weighted by atomic mass is 9.72. The van der Waals surface area contributed by atoms with Crippen LogP contribution in [0.2, 0.25) is 0 Å². The van der Waals surface area contributed by atoms with Crippen LogP contribution in [0.15, 0.2) is 32.1 Å². The zero-order valence-electron chi connectivity index (χ0n) is 20.0. The van der Waals surface area contributed by atoms with Gasteiger partial charge in [-0.15, -0.1) is 0 Å². The van der Waals surface area contributed by atoms with Crippen LogP contribution in [-0.4, -0.2) is 68.6 Å². The third-order valence-electron chi connectivity index (χ3n) is 6.00. The second-order valence-corrected chi connectivity index (χ2v) is 8.27. The molecule has 0 aliphatic heterocycles. The summed E-state index contributed by atoms with van der Waals surface area (Å²) in [5, 5.41) is 39.6. The number of hydrogen-bond donors (Lipinski definition) is 4.